The topological polar surface area (TPSA) is 88.2 Å². The van der Waals surface area contributed by atoms with Gasteiger partial charge >= 0.3 is 0 Å². The number of hydrogen-bond acceptors (Lipinski definition) is 6. The molecule has 0 radical (unpaired) electrons. The van der Waals surface area contributed by atoms with Crippen molar-refractivity contribution in [3.8, 4) is 5.75 Å². The summed E-state index contributed by atoms with van der Waals surface area (Å²) in [6.45, 7) is 10.8. The van der Waals surface area contributed by atoms with Crippen molar-refractivity contribution in [2.75, 3.05) is 44.6 Å². The van der Waals surface area contributed by atoms with E-state index in [-0.39, 0.29) is 29.1 Å². The van der Waals surface area contributed by atoms with Crippen LogP contribution in [0.15, 0.2) is 23.1 Å². The van der Waals surface area contributed by atoms with Gasteiger partial charge in [-0.05, 0) is 58.7 Å². The van der Waals surface area contributed by atoms with Gasteiger partial charge in [0.15, 0.2) is 0 Å². The van der Waals surface area contributed by atoms with E-state index in [0.29, 0.717) is 44.2 Å². The lowest BCUT2D eigenvalue weighted by molar-refractivity contribution is -0.136. The van der Waals surface area contributed by atoms with Crippen molar-refractivity contribution in [2.24, 2.45) is 0 Å². The number of carbonyl (C=O) groups excluding carboxylic acids is 1. The second kappa shape index (κ2) is 9.85. The van der Waals surface area contributed by atoms with E-state index in [0.717, 1.165) is 19.3 Å². The second-order valence-electron chi connectivity index (χ2n) is 8.96. The van der Waals surface area contributed by atoms with Crippen LogP contribution >= 0.6 is 0 Å². The molecule has 0 spiro atoms. The molecule has 2 saturated heterocycles. The number of ether oxygens (including phenoxy) is 2. The van der Waals surface area contributed by atoms with Gasteiger partial charge in [-0.1, -0.05) is 6.42 Å². The van der Waals surface area contributed by atoms with Crippen LogP contribution in [0.25, 0.3) is 0 Å². The Bertz CT molecular complexity index is 881. The molecule has 2 aliphatic heterocycles. The number of sulfonamides is 1. The van der Waals surface area contributed by atoms with Crippen LogP contribution in [0.3, 0.4) is 0 Å². The van der Waals surface area contributed by atoms with Crippen LogP contribution in [0.1, 0.15) is 47.0 Å². The summed E-state index contributed by atoms with van der Waals surface area (Å²) in [5.41, 5.74) is 0.0575. The number of rotatable bonds is 7. The molecule has 3 rings (SSSR count). The van der Waals surface area contributed by atoms with Crippen LogP contribution < -0.4 is 10.1 Å². The Morgan fingerprint density at radius 2 is 1.97 bits per heavy atom. The number of amides is 1. The van der Waals surface area contributed by atoms with E-state index < -0.39 is 10.0 Å². The molecular formula is C22H35N3O5S. The second-order valence-corrected chi connectivity index (χ2v) is 10.9. The summed E-state index contributed by atoms with van der Waals surface area (Å²) in [7, 11) is -3.60. The Labute approximate surface area is 185 Å². The highest BCUT2D eigenvalue weighted by atomic mass is 32.2. The van der Waals surface area contributed by atoms with Crippen LogP contribution in [0.4, 0.5) is 5.69 Å². The molecule has 174 valence electrons. The largest absolute Gasteiger partial charge is 0.492 e. The van der Waals surface area contributed by atoms with Crippen molar-refractivity contribution in [3.63, 3.8) is 0 Å². The monoisotopic (exact) mass is 453 g/mol. The molecule has 0 bridgehead atoms. The fourth-order valence-corrected chi connectivity index (χ4v) is 5.95. The highest BCUT2D eigenvalue weighted by molar-refractivity contribution is 7.89. The fraction of sp³-hybridized carbons (Fsp3) is 0.682. The molecule has 31 heavy (non-hydrogen) atoms. The Morgan fingerprint density at radius 3 is 2.61 bits per heavy atom. The zero-order valence-electron chi connectivity index (χ0n) is 19.0. The molecule has 1 atom stereocenters. The third-order valence-corrected chi connectivity index (χ3v) is 7.38. The highest BCUT2D eigenvalue weighted by Gasteiger charge is 2.32. The van der Waals surface area contributed by atoms with Gasteiger partial charge in [0.2, 0.25) is 15.9 Å². The minimum absolute atomic E-state index is 0.0357. The van der Waals surface area contributed by atoms with E-state index in [1.807, 2.05) is 27.7 Å². The minimum Gasteiger partial charge on any atom is -0.492 e. The molecule has 2 aliphatic rings. The third kappa shape index (κ3) is 6.19. The third-order valence-electron chi connectivity index (χ3n) is 5.48. The molecular weight excluding hydrogens is 418 g/mol. The van der Waals surface area contributed by atoms with Crippen LogP contribution in [0.2, 0.25) is 0 Å². The summed E-state index contributed by atoms with van der Waals surface area (Å²) < 4.78 is 39.2. The maximum Gasteiger partial charge on any atom is 0.243 e. The van der Waals surface area contributed by atoms with Gasteiger partial charge in [0, 0.05) is 26.2 Å². The Balaban J connectivity index is 1.77. The van der Waals surface area contributed by atoms with E-state index in [1.54, 1.807) is 12.1 Å². The van der Waals surface area contributed by atoms with Crippen molar-refractivity contribution in [1.82, 2.24) is 9.21 Å². The lowest BCUT2D eigenvalue weighted by Crippen LogP contribution is -2.53. The van der Waals surface area contributed by atoms with Gasteiger partial charge in [0.05, 0.1) is 35.4 Å². The van der Waals surface area contributed by atoms with Gasteiger partial charge in [-0.2, -0.15) is 4.31 Å². The SMILES string of the molecule is CCOc1ccc(S(=O)(=O)N2CCCCC2)cc1NC(=O)CN1CC(C)OC(C)(C)C1. The van der Waals surface area contributed by atoms with E-state index in [1.165, 1.54) is 10.4 Å². The van der Waals surface area contributed by atoms with Gasteiger partial charge < -0.3 is 14.8 Å². The normalized spacial score (nSPS) is 22.8. The Kier molecular flexibility index (Phi) is 7.62. The van der Waals surface area contributed by atoms with Gasteiger partial charge in [-0.25, -0.2) is 8.42 Å². The molecule has 0 aromatic heterocycles. The van der Waals surface area contributed by atoms with Gasteiger partial charge in [-0.3, -0.25) is 9.69 Å². The van der Waals surface area contributed by atoms with Crippen LogP contribution in [0, 0.1) is 0 Å². The van der Waals surface area contributed by atoms with Crippen LogP contribution in [-0.2, 0) is 19.6 Å². The first-order chi connectivity index (χ1) is 14.6. The molecule has 2 fully saturated rings. The molecule has 8 nitrogen and oxygen atoms in total. The molecule has 1 aromatic carbocycles. The number of piperidine rings is 1. The average Bonchev–Trinajstić information content (AvgIpc) is 2.68. The molecule has 9 heteroatoms. The van der Waals surface area contributed by atoms with Crippen molar-refractivity contribution >= 4 is 21.6 Å². The summed E-state index contributed by atoms with van der Waals surface area (Å²) in [5.74, 6) is 0.252. The van der Waals surface area contributed by atoms with E-state index in [9.17, 15) is 13.2 Å². The first kappa shape index (κ1) is 24.0. The molecule has 1 unspecified atom stereocenters. The molecule has 1 N–H and O–H groups in total. The van der Waals surface area contributed by atoms with Crippen molar-refractivity contribution in [1.29, 1.82) is 0 Å². The van der Waals surface area contributed by atoms with Crippen molar-refractivity contribution < 1.29 is 22.7 Å². The number of carbonyl (C=O) groups is 1. The van der Waals surface area contributed by atoms with E-state index in [4.69, 9.17) is 9.47 Å². The average molecular weight is 454 g/mol. The quantitative estimate of drug-likeness (QED) is 0.683. The number of nitrogens with zero attached hydrogens (tertiary/aromatic N) is 2. The maximum absolute atomic E-state index is 13.1. The molecule has 2 heterocycles. The predicted molar refractivity (Wildman–Crippen MR) is 120 cm³/mol. The lowest BCUT2D eigenvalue weighted by Gasteiger charge is -2.41. The zero-order valence-corrected chi connectivity index (χ0v) is 19.8. The van der Waals surface area contributed by atoms with E-state index >= 15 is 0 Å². The number of hydrogen-bond donors (Lipinski definition) is 1. The summed E-state index contributed by atoms with van der Waals surface area (Å²) in [4.78, 5) is 15.0. The van der Waals surface area contributed by atoms with E-state index in [2.05, 4.69) is 10.2 Å². The van der Waals surface area contributed by atoms with Gasteiger partial charge in [0.1, 0.15) is 5.75 Å². The number of morpholine rings is 1. The first-order valence-electron chi connectivity index (χ1n) is 11.1. The van der Waals surface area contributed by atoms with Gasteiger partial charge in [-0.15, -0.1) is 0 Å². The zero-order chi connectivity index (χ0) is 22.6. The molecule has 0 aliphatic carbocycles. The molecule has 1 aromatic rings. The number of nitrogens with one attached hydrogen (secondary N) is 1. The summed E-state index contributed by atoms with van der Waals surface area (Å²) in [5, 5.41) is 2.87. The lowest BCUT2D eigenvalue weighted by atomic mass is 10.1. The Hall–Kier alpha value is -1.68. The fourth-order valence-electron chi connectivity index (χ4n) is 4.40. The smallest absolute Gasteiger partial charge is 0.243 e. The van der Waals surface area contributed by atoms with Crippen molar-refractivity contribution in [3.05, 3.63) is 18.2 Å². The summed E-state index contributed by atoms with van der Waals surface area (Å²) >= 11 is 0. The highest BCUT2D eigenvalue weighted by Crippen LogP contribution is 2.30. The standard InChI is InChI=1S/C22H35N3O5S/c1-5-29-20-10-9-18(31(27,28)25-11-7-6-8-12-25)13-19(20)23-21(26)15-24-14-17(2)30-22(3,4)16-24/h9-10,13,17H,5-8,11-12,14-16H2,1-4H3,(H,23,26). The summed E-state index contributed by atoms with van der Waals surface area (Å²) in [6, 6.07) is 4.69. The maximum atomic E-state index is 13.1. The minimum atomic E-state index is -3.60. The van der Waals surface area contributed by atoms with Crippen LogP contribution in [-0.4, -0.2) is 74.6 Å². The van der Waals surface area contributed by atoms with Crippen LogP contribution in [0.5, 0.6) is 5.75 Å². The number of anilines is 1. The Morgan fingerprint density at radius 1 is 1.26 bits per heavy atom. The first-order valence-corrected chi connectivity index (χ1v) is 12.5. The van der Waals surface area contributed by atoms with Crippen molar-refractivity contribution in [2.45, 2.75) is 63.6 Å². The molecule has 1 amide bonds. The van der Waals surface area contributed by atoms with Gasteiger partial charge in [0.25, 0.3) is 0 Å². The molecule has 0 saturated carbocycles. The summed E-state index contributed by atoms with van der Waals surface area (Å²) in [6.07, 6.45) is 2.82. The predicted octanol–water partition coefficient (Wildman–Crippen LogP) is 2.70. The number of benzene rings is 1.